The number of hydrogen-bond donors (Lipinski definition) is 2. The monoisotopic (exact) mass is 488 g/mol. The SMILES string of the molecule is CCN(CC)S(=O)(=O)c1ccc(Cl)c(NC(=O)CSC(C)C(=O)Nc2cc(C)on2)c1. The average molecular weight is 489 g/mol. The Hall–Kier alpha value is -2.08. The van der Waals surface area contributed by atoms with Crippen molar-refractivity contribution in [1.82, 2.24) is 9.46 Å². The van der Waals surface area contributed by atoms with E-state index in [0.29, 0.717) is 24.7 Å². The van der Waals surface area contributed by atoms with Crippen molar-refractivity contribution in [1.29, 1.82) is 0 Å². The lowest BCUT2D eigenvalue weighted by Gasteiger charge is -2.19. The van der Waals surface area contributed by atoms with Crippen LogP contribution >= 0.6 is 23.4 Å². The maximum absolute atomic E-state index is 12.7. The second-order valence-electron chi connectivity index (χ2n) is 6.54. The first-order chi connectivity index (χ1) is 14.6. The molecule has 0 fully saturated rings. The third-order valence-electron chi connectivity index (χ3n) is 4.27. The summed E-state index contributed by atoms with van der Waals surface area (Å²) >= 11 is 7.25. The Bertz CT molecular complexity index is 1040. The van der Waals surface area contributed by atoms with E-state index >= 15 is 0 Å². The molecular formula is C19H25ClN4O5S2. The lowest BCUT2D eigenvalue weighted by molar-refractivity contribution is -0.115. The number of benzene rings is 1. The van der Waals surface area contributed by atoms with Gasteiger partial charge in [-0.1, -0.05) is 30.6 Å². The number of sulfonamides is 1. The Balaban J connectivity index is 1.99. The molecule has 1 heterocycles. The number of nitrogens with one attached hydrogen (secondary N) is 2. The zero-order chi connectivity index (χ0) is 23.2. The molecule has 2 aromatic rings. The van der Waals surface area contributed by atoms with Gasteiger partial charge in [-0.05, 0) is 32.0 Å². The molecule has 2 N–H and O–H groups in total. The van der Waals surface area contributed by atoms with Crippen LogP contribution in [-0.4, -0.2) is 53.8 Å². The Labute approximate surface area is 190 Å². The van der Waals surface area contributed by atoms with Crippen LogP contribution in [0.2, 0.25) is 5.02 Å². The number of hydrogen-bond acceptors (Lipinski definition) is 7. The van der Waals surface area contributed by atoms with Crippen molar-refractivity contribution in [2.24, 2.45) is 0 Å². The van der Waals surface area contributed by atoms with Crippen molar-refractivity contribution < 1.29 is 22.5 Å². The number of carbonyl (C=O) groups is 2. The number of rotatable bonds is 10. The largest absolute Gasteiger partial charge is 0.360 e. The molecule has 0 aliphatic rings. The molecule has 9 nitrogen and oxygen atoms in total. The number of anilines is 2. The fourth-order valence-electron chi connectivity index (χ4n) is 2.59. The van der Waals surface area contributed by atoms with Crippen molar-refractivity contribution in [2.75, 3.05) is 29.5 Å². The summed E-state index contributed by atoms with van der Waals surface area (Å²) in [7, 11) is -3.69. The van der Waals surface area contributed by atoms with Crippen molar-refractivity contribution in [3.8, 4) is 0 Å². The van der Waals surface area contributed by atoms with Crippen LogP contribution in [0, 0.1) is 6.92 Å². The van der Waals surface area contributed by atoms with Gasteiger partial charge in [0.15, 0.2) is 5.82 Å². The van der Waals surface area contributed by atoms with Crippen molar-refractivity contribution in [3.05, 3.63) is 35.0 Å². The summed E-state index contributed by atoms with van der Waals surface area (Å²) in [5.41, 5.74) is 0.190. The number of amides is 2. The Kier molecular flexibility index (Phi) is 8.92. The topological polar surface area (TPSA) is 122 Å². The average Bonchev–Trinajstić information content (AvgIpc) is 3.12. The van der Waals surface area contributed by atoms with Crippen LogP contribution in [0.15, 0.2) is 33.7 Å². The van der Waals surface area contributed by atoms with Crippen LogP contribution in [-0.2, 0) is 19.6 Å². The molecule has 0 radical (unpaired) electrons. The molecule has 1 unspecified atom stereocenters. The first-order valence-corrected chi connectivity index (χ1v) is 12.4. The summed E-state index contributed by atoms with van der Waals surface area (Å²) < 4.78 is 31.6. The van der Waals surface area contributed by atoms with E-state index in [1.54, 1.807) is 33.8 Å². The van der Waals surface area contributed by atoms with Crippen LogP contribution in [0.5, 0.6) is 0 Å². The van der Waals surface area contributed by atoms with Gasteiger partial charge in [-0.2, -0.15) is 4.31 Å². The number of aromatic nitrogens is 1. The number of carbonyl (C=O) groups excluding carboxylic acids is 2. The van der Waals surface area contributed by atoms with Gasteiger partial charge in [0, 0.05) is 19.2 Å². The van der Waals surface area contributed by atoms with Gasteiger partial charge >= 0.3 is 0 Å². The van der Waals surface area contributed by atoms with Crippen LogP contribution in [0.4, 0.5) is 11.5 Å². The highest BCUT2D eigenvalue weighted by molar-refractivity contribution is 8.01. The first-order valence-electron chi connectivity index (χ1n) is 9.53. The third-order valence-corrected chi connectivity index (χ3v) is 7.79. The maximum atomic E-state index is 12.7. The van der Waals surface area contributed by atoms with Gasteiger partial charge in [-0.15, -0.1) is 11.8 Å². The number of halogens is 1. The van der Waals surface area contributed by atoms with Crippen LogP contribution in [0.1, 0.15) is 26.5 Å². The van der Waals surface area contributed by atoms with E-state index in [4.69, 9.17) is 16.1 Å². The molecule has 12 heteroatoms. The quantitative estimate of drug-likeness (QED) is 0.525. The molecular weight excluding hydrogens is 464 g/mol. The van der Waals surface area contributed by atoms with E-state index in [1.807, 2.05) is 0 Å². The van der Waals surface area contributed by atoms with Crippen LogP contribution in [0.25, 0.3) is 0 Å². The zero-order valence-corrected chi connectivity index (χ0v) is 20.0. The fourth-order valence-corrected chi connectivity index (χ4v) is 4.92. The van der Waals surface area contributed by atoms with Gasteiger partial charge in [0.2, 0.25) is 21.8 Å². The molecule has 0 bridgehead atoms. The number of nitrogens with zero attached hydrogens (tertiary/aromatic N) is 2. The van der Waals surface area contributed by atoms with Crippen molar-refractivity contribution >= 4 is 56.7 Å². The standard InChI is InChI=1S/C19H25ClN4O5S2/c1-5-24(6-2)31(27,28)14-7-8-15(20)16(10-14)21-18(25)11-30-13(4)19(26)22-17-9-12(3)29-23-17/h7-10,13H,5-6,11H2,1-4H3,(H,21,25)(H,22,23,26). The van der Waals surface area contributed by atoms with Gasteiger partial charge < -0.3 is 15.2 Å². The molecule has 170 valence electrons. The molecule has 2 rings (SSSR count). The summed E-state index contributed by atoms with van der Waals surface area (Å²) in [5.74, 6) is 0.0997. The summed E-state index contributed by atoms with van der Waals surface area (Å²) in [6.07, 6.45) is 0. The van der Waals surface area contributed by atoms with Crippen LogP contribution in [0.3, 0.4) is 0 Å². The predicted molar refractivity (Wildman–Crippen MR) is 122 cm³/mol. The summed E-state index contributed by atoms with van der Waals surface area (Å²) in [6.45, 7) is 7.51. The van der Waals surface area contributed by atoms with Crippen molar-refractivity contribution in [2.45, 2.75) is 37.8 Å². The molecule has 2 amide bonds. The highest BCUT2D eigenvalue weighted by atomic mass is 35.5. The molecule has 1 aromatic carbocycles. The molecule has 0 saturated carbocycles. The fraction of sp³-hybridized carbons (Fsp3) is 0.421. The molecule has 31 heavy (non-hydrogen) atoms. The molecule has 0 aliphatic heterocycles. The summed E-state index contributed by atoms with van der Waals surface area (Å²) in [6, 6.07) is 5.75. The maximum Gasteiger partial charge on any atom is 0.243 e. The minimum absolute atomic E-state index is 0.0320. The zero-order valence-electron chi connectivity index (χ0n) is 17.6. The molecule has 0 aliphatic carbocycles. The highest BCUT2D eigenvalue weighted by Gasteiger charge is 2.23. The molecule has 1 atom stereocenters. The van der Waals surface area contributed by atoms with Gasteiger partial charge in [-0.3, -0.25) is 9.59 Å². The number of thioether (sulfide) groups is 1. The van der Waals surface area contributed by atoms with E-state index in [9.17, 15) is 18.0 Å². The highest BCUT2D eigenvalue weighted by Crippen LogP contribution is 2.27. The Morgan fingerprint density at radius 1 is 1.23 bits per heavy atom. The second-order valence-corrected chi connectivity index (χ2v) is 10.2. The molecule has 0 saturated heterocycles. The van der Waals surface area contributed by atoms with Gasteiger partial charge in [0.05, 0.1) is 26.6 Å². The summed E-state index contributed by atoms with van der Waals surface area (Å²) in [4.78, 5) is 24.6. The predicted octanol–water partition coefficient (Wildman–Crippen LogP) is 3.37. The molecule has 1 aromatic heterocycles. The Morgan fingerprint density at radius 3 is 2.48 bits per heavy atom. The van der Waals surface area contributed by atoms with Gasteiger partial charge in [0.1, 0.15) is 5.76 Å². The summed E-state index contributed by atoms with van der Waals surface area (Å²) in [5, 5.41) is 8.58. The minimum atomic E-state index is -3.69. The molecule has 0 spiro atoms. The second kappa shape index (κ2) is 11.0. The Morgan fingerprint density at radius 2 is 1.90 bits per heavy atom. The smallest absolute Gasteiger partial charge is 0.243 e. The van der Waals surface area contributed by atoms with E-state index in [0.717, 1.165) is 11.8 Å². The van der Waals surface area contributed by atoms with Gasteiger partial charge in [-0.25, -0.2) is 8.42 Å². The normalized spacial score (nSPS) is 12.6. The minimum Gasteiger partial charge on any atom is -0.360 e. The third kappa shape index (κ3) is 6.70. The van der Waals surface area contributed by atoms with E-state index < -0.39 is 21.2 Å². The van der Waals surface area contributed by atoms with Crippen molar-refractivity contribution in [3.63, 3.8) is 0 Å². The van der Waals surface area contributed by atoms with E-state index in [1.165, 1.54) is 22.5 Å². The van der Waals surface area contributed by atoms with Crippen LogP contribution < -0.4 is 10.6 Å². The van der Waals surface area contributed by atoms with Gasteiger partial charge in [0.25, 0.3) is 0 Å². The van der Waals surface area contributed by atoms with E-state index in [-0.39, 0.29) is 27.3 Å². The number of aryl methyl sites for hydroxylation is 1. The lowest BCUT2D eigenvalue weighted by Crippen LogP contribution is -2.30. The lowest BCUT2D eigenvalue weighted by atomic mass is 10.3. The van der Waals surface area contributed by atoms with E-state index in [2.05, 4.69) is 15.8 Å². The first kappa shape index (κ1) is 25.2.